The SMILES string of the molecule is O=C(O)C(O)c1ccc2c(c1)CNCC2. The molecule has 0 amide bonds. The summed E-state index contributed by atoms with van der Waals surface area (Å²) < 4.78 is 0. The molecule has 0 bridgehead atoms. The quantitative estimate of drug-likeness (QED) is 0.658. The predicted octanol–water partition coefficient (Wildman–Crippen LogP) is 0.450. The molecule has 0 radical (unpaired) electrons. The maximum absolute atomic E-state index is 10.6. The fourth-order valence-electron chi connectivity index (χ4n) is 1.81. The van der Waals surface area contributed by atoms with Gasteiger partial charge in [0.25, 0.3) is 0 Å². The molecule has 4 nitrogen and oxygen atoms in total. The molecule has 0 saturated carbocycles. The Morgan fingerprint density at radius 2 is 2.20 bits per heavy atom. The molecule has 80 valence electrons. The van der Waals surface area contributed by atoms with Crippen molar-refractivity contribution in [2.45, 2.75) is 19.1 Å². The molecule has 0 spiro atoms. The van der Waals surface area contributed by atoms with Crippen LogP contribution in [0.4, 0.5) is 0 Å². The van der Waals surface area contributed by atoms with Crippen molar-refractivity contribution in [2.24, 2.45) is 0 Å². The molecule has 1 atom stereocenters. The molecule has 0 aliphatic carbocycles. The van der Waals surface area contributed by atoms with E-state index in [1.165, 1.54) is 5.56 Å². The number of hydrogen-bond acceptors (Lipinski definition) is 3. The van der Waals surface area contributed by atoms with Gasteiger partial charge in [-0.2, -0.15) is 0 Å². The number of fused-ring (bicyclic) bond motifs is 1. The van der Waals surface area contributed by atoms with Crippen molar-refractivity contribution in [1.82, 2.24) is 5.32 Å². The van der Waals surface area contributed by atoms with Gasteiger partial charge < -0.3 is 15.5 Å². The third-order valence-corrected chi connectivity index (χ3v) is 2.67. The van der Waals surface area contributed by atoms with Gasteiger partial charge in [0.2, 0.25) is 0 Å². The predicted molar refractivity (Wildman–Crippen MR) is 54.4 cm³/mol. The largest absolute Gasteiger partial charge is 0.479 e. The van der Waals surface area contributed by atoms with Crippen LogP contribution in [0.15, 0.2) is 18.2 Å². The molecular weight excluding hydrogens is 194 g/mol. The molecule has 1 heterocycles. The van der Waals surface area contributed by atoms with Crippen molar-refractivity contribution in [1.29, 1.82) is 0 Å². The van der Waals surface area contributed by atoms with E-state index in [0.717, 1.165) is 25.1 Å². The van der Waals surface area contributed by atoms with Crippen LogP contribution in [0.2, 0.25) is 0 Å². The average molecular weight is 207 g/mol. The number of benzene rings is 1. The van der Waals surface area contributed by atoms with E-state index in [0.29, 0.717) is 5.56 Å². The van der Waals surface area contributed by atoms with Gasteiger partial charge in [0.05, 0.1) is 0 Å². The summed E-state index contributed by atoms with van der Waals surface area (Å²) in [4.78, 5) is 10.6. The van der Waals surface area contributed by atoms with Crippen LogP contribution in [0.1, 0.15) is 22.8 Å². The fourth-order valence-corrected chi connectivity index (χ4v) is 1.81. The summed E-state index contributed by atoms with van der Waals surface area (Å²) in [5.74, 6) is -1.21. The van der Waals surface area contributed by atoms with Gasteiger partial charge >= 0.3 is 5.97 Å². The first-order chi connectivity index (χ1) is 7.18. The highest BCUT2D eigenvalue weighted by molar-refractivity contribution is 5.74. The van der Waals surface area contributed by atoms with Crippen LogP contribution in [-0.4, -0.2) is 22.7 Å². The second-order valence-corrected chi connectivity index (χ2v) is 3.70. The van der Waals surface area contributed by atoms with Gasteiger partial charge in [-0.15, -0.1) is 0 Å². The van der Waals surface area contributed by atoms with Gasteiger partial charge in [-0.3, -0.25) is 0 Å². The highest BCUT2D eigenvalue weighted by Gasteiger charge is 2.18. The van der Waals surface area contributed by atoms with E-state index in [1.54, 1.807) is 12.1 Å². The Morgan fingerprint density at radius 1 is 1.40 bits per heavy atom. The number of aliphatic hydroxyl groups excluding tert-OH is 1. The summed E-state index contributed by atoms with van der Waals surface area (Å²) in [6.45, 7) is 1.70. The minimum Gasteiger partial charge on any atom is -0.479 e. The summed E-state index contributed by atoms with van der Waals surface area (Å²) >= 11 is 0. The van der Waals surface area contributed by atoms with Gasteiger partial charge in [-0.25, -0.2) is 4.79 Å². The molecule has 1 aliphatic heterocycles. The number of carboxylic acids is 1. The Hall–Kier alpha value is -1.39. The standard InChI is InChI=1S/C11H13NO3/c13-10(11(14)15)8-2-1-7-3-4-12-6-9(7)5-8/h1-2,5,10,12-13H,3-4,6H2,(H,14,15). The van der Waals surface area contributed by atoms with Crippen molar-refractivity contribution in [2.75, 3.05) is 6.54 Å². The summed E-state index contributed by atoms with van der Waals surface area (Å²) in [7, 11) is 0. The van der Waals surface area contributed by atoms with Crippen LogP contribution < -0.4 is 5.32 Å². The van der Waals surface area contributed by atoms with Gasteiger partial charge in [0.1, 0.15) is 0 Å². The molecule has 0 fully saturated rings. The zero-order chi connectivity index (χ0) is 10.8. The zero-order valence-electron chi connectivity index (χ0n) is 8.23. The lowest BCUT2D eigenvalue weighted by molar-refractivity contribution is -0.146. The Balaban J connectivity index is 2.31. The van der Waals surface area contributed by atoms with E-state index < -0.39 is 12.1 Å². The maximum atomic E-state index is 10.6. The third-order valence-electron chi connectivity index (χ3n) is 2.67. The van der Waals surface area contributed by atoms with Crippen molar-refractivity contribution in [3.8, 4) is 0 Å². The molecule has 15 heavy (non-hydrogen) atoms. The van der Waals surface area contributed by atoms with Crippen LogP contribution in [0.5, 0.6) is 0 Å². The van der Waals surface area contributed by atoms with Gasteiger partial charge in [-0.05, 0) is 29.7 Å². The molecule has 1 unspecified atom stereocenters. The molecular formula is C11H13NO3. The first kappa shape index (κ1) is 10.1. The second kappa shape index (κ2) is 4.00. The summed E-state index contributed by atoms with van der Waals surface area (Å²) in [5.41, 5.74) is 2.76. The van der Waals surface area contributed by atoms with E-state index in [-0.39, 0.29) is 0 Å². The maximum Gasteiger partial charge on any atom is 0.337 e. The summed E-state index contributed by atoms with van der Waals surface area (Å²) in [6.07, 6.45) is -0.462. The monoisotopic (exact) mass is 207 g/mol. The number of rotatable bonds is 2. The van der Waals surface area contributed by atoms with Gasteiger partial charge in [0.15, 0.2) is 6.10 Å². The number of carbonyl (C=O) groups is 1. The molecule has 0 saturated heterocycles. The third kappa shape index (κ3) is 2.00. The molecule has 0 aromatic heterocycles. The Bertz CT molecular complexity index is 389. The molecule has 1 aliphatic rings. The minimum absolute atomic E-state index is 0.449. The zero-order valence-corrected chi connectivity index (χ0v) is 8.23. The van der Waals surface area contributed by atoms with Crippen LogP contribution in [0.25, 0.3) is 0 Å². The van der Waals surface area contributed by atoms with Crippen LogP contribution >= 0.6 is 0 Å². The molecule has 2 rings (SSSR count). The van der Waals surface area contributed by atoms with Crippen molar-refractivity contribution < 1.29 is 15.0 Å². The lowest BCUT2D eigenvalue weighted by Crippen LogP contribution is -2.24. The molecule has 1 aromatic rings. The van der Waals surface area contributed by atoms with Crippen molar-refractivity contribution in [3.63, 3.8) is 0 Å². The minimum atomic E-state index is -1.42. The molecule has 1 aromatic carbocycles. The summed E-state index contributed by atoms with van der Waals surface area (Å²) in [6, 6.07) is 5.35. The highest BCUT2D eigenvalue weighted by atomic mass is 16.4. The number of nitrogens with one attached hydrogen (secondary N) is 1. The van der Waals surface area contributed by atoms with E-state index in [1.807, 2.05) is 6.07 Å². The fraction of sp³-hybridized carbons (Fsp3) is 0.364. The smallest absolute Gasteiger partial charge is 0.337 e. The van der Waals surface area contributed by atoms with Crippen molar-refractivity contribution >= 4 is 5.97 Å². The average Bonchev–Trinajstić information content (AvgIpc) is 2.27. The van der Waals surface area contributed by atoms with Crippen LogP contribution in [-0.2, 0) is 17.8 Å². The van der Waals surface area contributed by atoms with Gasteiger partial charge in [-0.1, -0.05) is 18.2 Å². The lowest BCUT2D eigenvalue weighted by atomic mass is 9.97. The first-order valence-electron chi connectivity index (χ1n) is 4.92. The normalized spacial score (nSPS) is 16.9. The number of hydrogen-bond donors (Lipinski definition) is 3. The van der Waals surface area contributed by atoms with Crippen LogP contribution in [0.3, 0.4) is 0 Å². The Labute approximate surface area is 87.6 Å². The van der Waals surface area contributed by atoms with E-state index in [2.05, 4.69) is 5.32 Å². The van der Waals surface area contributed by atoms with Crippen LogP contribution in [0, 0.1) is 0 Å². The van der Waals surface area contributed by atoms with E-state index >= 15 is 0 Å². The number of carboxylic acid groups (broad SMARTS) is 1. The van der Waals surface area contributed by atoms with Crippen molar-refractivity contribution in [3.05, 3.63) is 34.9 Å². The van der Waals surface area contributed by atoms with E-state index in [4.69, 9.17) is 5.11 Å². The van der Waals surface area contributed by atoms with E-state index in [9.17, 15) is 9.90 Å². The first-order valence-corrected chi connectivity index (χ1v) is 4.92. The van der Waals surface area contributed by atoms with Gasteiger partial charge in [0, 0.05) is 6.54 Å². The highest BCUT2D eigenvalue weighted by Crippen LogP contribution is 2.20. The summed E-state index contributed by atoms with van der Waals surface area (Å²) in [5, 5.41) is 21.3. The Kier molecular flexibility index (Phi) is 2.70. The second-order valence-electron chi connectivity index (χ2n) is 3.70. The lowest BCUT2D eigenvalue weighted by Gasteiger charge is -2.18. The molecule has 4 heteroatoms. The topological polar surface area (TPSA) is 69.6 Å². The number of aliphatic hydroxyl groups is 1. The number of aliphatic carboxylic acids is 1. The molecule has 3 N–H and O–H groups in total. The Morgan fingerprint density at radius 3 is 2.93 bits per heavy atom.